The van der Waals surface area contributed by atoms with Gasteiger partial charge in [0.25, 0.3) is 5.91 Å². The van der Waals surface area contributed by atoms with E-state index in [4.69, 9.17) is 5.73 Å². The van der Waals surface area contributed by atoms with Gasteiger partial charge in [-0.25, -0.2) is 4.39 Å². The first-order valence-corrected chi connectivity index (χ1v) is 6.96. The molecule has 0 heterocycles. The fraction of sp³-hybridized carbons (Fsp3) is 0.438. The fourth-order valence-electron chi connectivity index (χ4n) is 1.76. The van der Waals surface area contributed by atoms with Crippen molar-refractivity contribution >= 4 is 5.91 Å². The molecule has 0 saturated heterocycles. The van der Waals surface area contributed by atoms with Gasteiger partial charge in [0.05, 0.1) is 12.1 Å². The lowest BCUT2D eigenvalue weighted by Gasteiger charge is -2.09. The Balaban J connectivity index is 2.49. The predicted octanol–water partition coefficient (Wildman–Crippen LogP) is 1.21. The molecule has 4 nitrogen and oxygen atoms in total. The molecule has 1 rings (SSSR count). The lowest BCUT2D eigenvalue weighted by molar-refractivity contribution is 0.0952. The number of amides is 1. The number of unbranched alkanes of at least 4 members (excludes halogenated alkanes) is 1. The summed E-state index contributed by atoms with van der Waals surface area (Å²) in [5, 5.41) is 2.78. The van der Waals surface area contributed by atoms with Crippen LogP contribution in [0.2, 0.25) is 0 Å². The zero-order valence-corrected chi connectivity index (χ0v) is 12.6. The fourth-order valence-corrected chi connectivity index (χ4v) is 1.76. The van der Waals surface area contributed by atoms with Gasteiger partial charge >= 0.3 is 0 Å². The van der Waals surface area contributed by atoms with E-state index in [9.17, 15) is 9.18 Å². The quantitative estimate of drug-likeness (QED) is 0.612. The van der Waals surface area contributed by atoms with Crippen molar-refractivity contribution < 1.29 is 9.18 Å². The first kappa shape index (κ1) is 17.2. The average Bonchev–Trinajstić information content (AvgIpc) is 2.45. The topological polar surface area (TPSA) is 58.4 Å². The summed E-state index contributed by atoms with van der Waals surface area (Å²) < 4.78 is 13.7. The van der Waals surface area contributed by atoms with Crippen LogP contribution in [0.5, 0.6) is 0 Å². The Bertz CT molecular complexity index is 532. The van der Waals surface area contributed by atoms with E-state index < -0.39 is 5.82 Å². The molecule has 0 radical (unpaired) electrons. The van der Waals surface area contributed by atoms with E-state index in [2.05, 4.69) is 22.1 Å². The molecular weight excluding hydrogens is 269 g/mol. The number of nitrogens with one attached hydrogen (secondary N) is 1. The summed E-state index contributed by atoms with van der Waals surface area (Å²) in [5.41, 5.74) is 5.80. The van der Waals surface area contributed by atoms with Gasteiger partial charge in [-0.2, -0.15) is 0 Å². The molecular formula is C16H22FN3O. The molecule has 0 atom stereocenters. The number of hydrogen-bond donors (Lipinski definition) is 2. The number of carbonyl (C=O) groups is 1. The third-order valence-corrected chi connectivity index (χ3v) is 2.87. The minimum absolute atomic E-state index is 0.175. The van der Waals surface area contributed by atoms with Gasteiger partial charge in [-0.3, -0.25) is 4.79 Å². The Morgan fingerprint density at radius 3 is 2.76 bits per heavy atom. The molecule has 0 saturated carbocycles. The van der Waals surface area contributed by atoms with E-state index in [1.54, 1.807) is 6.07 Å². The molecule has 1 amide bonds. The van der Waals surface area contributed by atoms with Crippen LogP contribution in [0.1, 0.15) is 28.8 Å². The van der Waals surface area contributed by atoms with Crippen LogP contribution in [-0.4, -0.2) is 44.5 Å². The Morgan fingerprint density at radius 2 is 2.14 bits per heavy atom. The van der Waals surface area contributed by atoms with Crippen LogP contribution in [-0.2, 0) is 0 Å². The van der Waals surface area contributed by atoms with E-state index in [1.165, 1.54) is 12.1 Å². The normalized spacial score (nSPS) is 10.1. The van der Waals surface area contributed by atoms with Crippen LogP contribution >= 0.6 is 0 Å². The van der Waals surface area contributed by atoms with Crippen molar-refractivity contribution in [2.75, 3.05) is 33.7 Å². The van der Waals surface area contributed by atoms with E-state index in [1.807, 2.05) is 14.1 Å². The molecule has 0 spiro atoms. The summed E-state index contributed by atoms with van der Waals surface area (Å²) in [6, 6.07) is 4.27. The molecule has 0 aliphatic carbocycles. The van der Waals surface area contributed by atoms with E-state index in [0.29, 0.717) is 12.1 Å². The average molecular weight is 291 g/mol. The Labute approximate surface area is 125 Å². The standard InChI is InChI=1S/C16H22FN3O/c1-20(2)11-4-3-10-19-16(21)14-8-7-13(6-5-9-18)15(17)12-14/h7-8,12H,3-4,9-11,18H2,1-2H3,(H,19,21). The highest BCUT2D eigenvalue weighted by molar-refractivity contribution is 5.94. The van der Waals surface area contributed by atoms with Gasteiger partial charge in [0, 0.05) is 12.1 Å². The number of nitrogens with zero attached hydrogens (tertiary/aromatic N) is 1. The summed E-state index contributed by atoms with van der Waals surface area (Å²) in [4.78, 5) is 14.0. The summed E-state index contributed by atoms with van der Waals surface area (Å²) in [6.07, 6.45) is 1.90. The minimum Gasteiger partial charge on any atom is -0.352 e. The number of rotatable bonds is 6. The monoisotopic (exact) mass is 291 g/mol. The van der Waals surface area contributed by atoms with Crippen LogP contribution in [0, 0.1) is 17.7 Å². The van der Waals surface area contributed by atoms with Crippen LogP contribution in [0.4, 0.5) is 4.39 Å². The lowest BCUT2D eigenvalue weighted by Crippen LogP contribution is -2.25. The maximum absolute atomic E-state index is 13.7. The number of halogens is 1. The molecule has 0 aromatic heterocycles. The molecule has 0 unspecified atom stereocenters. The summed E-state index contributed by atoms with van der Waals surface area (Å²) in [6.45, 7) is 1.75. The largest absolute Gasteiger partial charge is 0.352 e. The third kappa shape index (κ3) is 6.39. The molecule has 0 bridgehead atoms. The number of carbonyl (C=O) groups excluding carboxylic acids is 1. The van der Waals surface area contributed by atoms with Gasteiger partial charge in [0.2, 0.25) is 0 Å². The number of hydrogen-bond acceptors (Lipinski definition) is 3. The van der Waals surface area contributed by atoms with Crippen molar-refractivity contribution in [3.05, 3.63) is 35.1 Å². The second kappa shape index (κ2) is 9.11. The van der Waals surface area contributed by atoms with Crippen molar-refractivity contribution in [3.8, 4) is 11.8 Å². The Morgan fingerprint density at radius 1 is 1.38 bits per heavy atom. The molecule has 1 aromatic carbocycles. The SMILES string of the molecule is CN(C)CCCCNC(=O)c1ccc(C#CCN)c(F)c1. The highest BCUT2D eigenvalue weighted by Crippen LogP contribution is 2.09. The second-order valence-electron chi connectivity index (χ2n) is 4.97. The molecule has 114 valence electrons. The van der Waals surface area contributed by atoms with Crippen molar-refractivity contribution in [3.63, 3.8) is 0 Å². The van der Waals surface area contributed by atoms with Crippen molar-refractivity contribution in [1.82, 2.24) is 10.2 Å². The molecule has 3 N–H and O–H groups in total. The number of nitrogens with two attached hydrogens (primary N) is 1. The minimum atomic E-state index is -0.504. The van der Waals surface area contributed by atoms with E-state index in [0.717, 1.165) is 19.4 Å². The van der Waals surface area contributed by atoms with Gasteiger partial charge < -0.3 is 16.0 Å². The van der Waals surface area contributed by atoms with Crippen molar-refractivity contribution in [2.45, 2.75) is 12.8 Å². The van der Waals surface area contributed by atoms with E-state index >= 15 is 0 Å². The Kier molecular flexibility index (Phi) is 7.44. The first-order valence-electron chi connectivity index (χ1n) is 6.96. The van der Waals surface area contributed by atoms with Crippen LogP contribution in [0.25, 0.3) is 0 Å². The van der Waals surface area contributed by atoms with Crippen LogP contribution in [0.15, 0.2) is 18.2 Å². The van der Waals surface area contributed by atoms with Crippen molar-refractivity contribution in [2.24, 2.45) is 5.73 Å². The molecule has 0 aliphatic rings. The highest BCUT2D eigenvalue weighted by atomic mass is 19.1. The van der Waals surface area contributed by atoms with Gasteiger partial charge in [-0.1, -0.05) is 11.8 Å². The highest BCUT2D eigenvalue weighted by Gasteiger charge is 2.08. The van der Waals surface area contributed by atoms with E-state index in [-0.39, 0.29) is 18.0 Å². The summed E-state index contributed by atoms with van der Waals surface area (Å²) >= 11 is 0. The zero-order chi connectivity index (χ0) is 15.7. The number of benzene rings is 1. The van der Waals surface area contributed by atoms with Crippen molar-refractivity contribution in [1.29, 1.82) is 0 Å². The predicted molar refractivity (Wildman–Crippen MR) is 82.5 cm³/mol. The zero-order valence-electron chi connectivity index (χ0n) is 12.6. The molecule has 21 heavy (non-hydrogen) atoms. The second-order valence-corrected chi connectivity index (χ2v) is 4.97. The maximum atomic E-state index is 13.7. The summed E-state index contributed by atoms with van der Waals surface area (Å²) in [5.74, 6) is 4.44. The van der Waals surface area contributed by atoms with Gasteiger partial charge in [0.15, 0.2) is 0 Å². The maximum Gasteiger partial charge on any atom is 0.251 e. The molecule has 1 aromatic rings. The van der Waals surface area contributed by atoms with Gasteiger partial charge in [0.1, 0.15) is 5.82 Å². The van der Waals surface area contributed by atoms with Gasteiger partial charge in [-0.15, -0.1) is 0 Å². The first-order chi connectivity index (χ1) is 10.0. The molecule has 5 heteroatoms. The van der Waals surface area contributed by atoms with Crippen LogP contribution in [0.3, 0.4) is 0 Å². The molecule has 0 fully saturated rings. The summed E-state index contributed by atoms with van der Waals surface area (Å²) in [7, 11) is 4.02. The van der Waals surface area contributed by atoms with Gasteiger partial charge in [-0.05, 0) is 51.7 Å². The van der Waals surface area contributed by atoms with Crippen LogP contribution < -0.4 is 11.1 Å². The lowest BCUT2D eigenvalue weighted by atomic mass is 10.1. The smallest absolute Gasteiger partial charge is 0.251 e. The third-order valence-electron chi connectivity index (χ3n) is 2.87. The Hall–Kier alpha value is -1.90. The molecule has 0 aliphatic heterocycles.